The molecule has 2 aromatic carbocycles. The van der Waals surface area contributed by atoms with Gasteiger partial charge >= 0.3 is 0 Å². The molecule has 0 aromatic heterocycles. The molecule has 2 saturated heterocycles. The Morgan fingerprint density at radius 2 is 1.64 bits per heavy atom. The molecule has 9 nitrogen and oxygen atoms in total. The molecular formula is C48H70BN5O4. The van der Waals surface area contributed by atoms with Crippen molar-refractivity contribution in [2.45, 2.75) is 123 Å². The van der Waals surface area contributed by atoms with E-state index >= 15 is 0 Å². The zero-order chi connectivity index (χ0) is 41.3. The molecule has 2 aliphatic heterocycles. The van der Waals surface area contributed by atoms with Crippen LogP contribution in [0.3, 0.4) is 0 Å². The van der Waals surface area contributed by atoms with Crippen molar-refractivity contribution in [1.29, 1.82) is 0 Å². The lowest BCUT2D eigenvalue weighted by atomic mass is 9.38. The normalized spacial score (nSPS) is 27.6. The second-order valence-electron chi connectivity index (χ2n) is 18.8. The topological polar surface area (TPSA) is 121 Å². The first-order valence-corrected chi connectivity index (χ1v) is 22.4. The maximum absolute atomic E-state index is 13.7. The van der Waals surface area contributed by atoms with Crippen LogP contribution in [0.4, 0.5) is 0 Å². The molecule has 7 rings (SSSR count). The van der Waals surface area contributed by atoms with Crippen molar-refractivity contribution in [1.82, 2.24) is 26.6 Å². The minimum Gasteiger partial charge on any atom is -0.379 e. The second kappa shape index (κ2) is 19.8. The molecule has 314 valence electrons. The van der Waals surface area contributed by atoms with Gasteiger partial charge in [0, 0.05) is 23.6 Å². The molecule has 6 atom stereocenters. The van der Waals surface area contributed by atoms with Gasteiger partial charge in [0.15, 0.2) is 6.71 Å². The summed E-state index contributed by atoms with van der Waals surface area (Å²) in [5.74, 6) is 1.98. The Labute approximate surface area is 348 Å². The van der Waals surface area contributed by atoms with Crippen molar-refractivity contribution in [2.75, 3.05) is 32.7 Å². The monoisotopic (exact) mass is 792 g/mol. The number of rotatable bonds is 12. The first-order valence-electron chi connectivity index (χ1n) is 22.4. The third-order valence-corrected chi connectivity index (χ3v) is 14.3. The van der Waals surface area contributed by atoms with Crippen LogP contribution in [0.15, 0.2) is 73.1 Å². The van der Waals surface area contributed by atoms with Crippen molar-refractivity contribution in [3.63, 3.8) is 0 Å². The molecule has 2 heterocycles. The predicted molar refractivity (Wildman–Crippen MR) is 236 cm³/mol. The Balaban J connectivity index is 0.966. The molecule has 5 aliphatic rings. The summed E-state index contributed by atoms with van der Waals surface area (Å²) in [6, 6.07) is 15.1. The van der Waals surface area contributed by atoms with Crippen LogP contribution >= 0.6 is 0 Å². The van der Waals surface area contributed by atoms with Gasteiger partial charge in [-0.15, -0.1) is 0 Å². The number of carbonyl (C=O) groups excluding carboxylic acids is 3. The van der Waals surface area contributed by atoms with E-state index in [1.165, 1.54) is 43.9 Å². The van der Waals surface area contributed by atoms with Crippen LogP contribution in [-0.4, -0.2) is 69.3 Å². The predicted octanol–water partition coefficient (Wildman–Crippen LogP) is 7.71. The zero-order valence-corrected chi connectivity index (χ0v) is 35.9. The third-order valence-electron chi connectivity index (χ3n) is 14.3. The fraction of sp³-hybridized carbons (Fsp3) is 0.604. The van der Waals surface area contributed by atoms with Gasteiger partial charge in [0.25, 0.3) is 5.91 Å². The largest absolute Gasteiger partial charge is 0.379 e. The fourth-order valence-electron chi connectivity index (χ4n) is 10.7. The highest BCUT2D eigenvalue weighted by Crippen LogP contribution is 2.72. The van der Waals surface area contributed by atoms with Crippen LogP contribution < -0.4 is 26.6 Å². The number of amides is 3. The van der Waals surface area contributed by atoms with Crippen LogP contribution in [0, 0.1) is 28.6 Å². The van der Waals surface area contributed by atoms with Gasteiger partial charge in [-0.3, -0.25) is 14.4 Å². The van der Waals surface area contributed by atoms with Gasteiger partial charge in [0.05, 0.1) is 19.7 Å². The molecule has 58 heavy (non-hydrogen) atoms. The third kappa shape index (κ3) is 10.8. The number of ether oxygens (including phenoxy) is 1. The standard InChI is InChI=1S/C48H70BN5O4/c1-7-8-14-35-16-18-36(19-17-35)37-20-22-38(23-21-37)44(55)50-28-34(3)54-42-30-58-24-13-11-9-10-12-15-41(53-33(2)29-51-46(42)57)45(56)52-32-49-27-40-25-39-26-43(47(39,4)5)48(40,6)31-49/h16-23,39-43,53-54H,2-3,7-15,24-32H2,1,4-6H3,(H,50,55)(H,51,57)(H,52,56)/t39?,40-,41?,42?,43?,48+/m0/s1. The summed E-state index contributed by atoms with van der Waals surface area (Å²) in [6.07, 6.45) is 15.0. The molecule has 2 bridgehead atoms. The van der Waals surface area contributed by atoms with E-state index in [1.54, 1.807) is 0 Å². The lowest BCUT2D eigenvalue weighted by Crippen LogP contribution is -2.58. The van der Waals surface area contributed by atoms with Crippen LogP contribution in [0.2, 0.25) is 12.6 Å². The van der Waals surface area contributed by atoms with E-state index in [0.29, 0.717) is 47.5 Å². The first-order chi connectivity index (χ1) is 27.9. The van der Waals surface area contributed by atoms with E-state index in [0.717, 1.165) is 73.8 Å². The molecule has 2 aromatic rings. The molecule has 3 amide bonds. The smallest absolute Gasteiger partial charge is 0.251 e. The number of benzene rings is 2. The summed E-state index contributed by atoms with van der Waals surface area (Å²) < 4.78 is 5.94. The number of unbranched alkanes of at least 4 members (excludes halogenated alkanes) is 1. The summed E-state index contributed by atoms with van der Waals surface area (Å²) in [5.41, 5.74) is 5.99. The average Bonchev–Trinajstić information content (AvgIpc) is 3.57. The van der Waals surface area contributed by atoms with Crippen molar-refractivity contribution < 1.29 is 19.1 Å². The maximum Gasteiger partial charge on any atom is 0.251 e. The van der Waals surface area contributed by atoms with Crippen LogP contribution in [-0.2, 0) is 20.7 Å². The quantitative estimate of drug-likeness (QED) is 0.141. The van der Waals surface area contributed by atoms with Crippen LogP contribution in [0.5, 0.6) is 0 Å². The summed E-state index contributed by atoms with van der Waals surface area (Å²) in [5, 5.41) is 15.8. The van der Waals surface area contributed by atoms with E-state index in [1.807, 2.05) is 24.3 Å². The molecule has 0 spiro atoms. The molecule has 5 N–H and O–H groups in total. The van der Waals surface area contributed by atoms with Gasteiger partial charge in [-0.2, -0.15) is 0 Å². The van der Waals surface area contributed by atoms with Gasteiger partial charge in [-0.05, 0) is 102 Å². The summed E-state index contributed by atoms with van der Waals surface area (Å²) >= 11 is 0. The number of carbonyl (C=O) groups is 3. The Kier molecular flexibility index (Phi) is 14.9. The number of hydrogen-bond acceptors (Lipinski definition) is 6. The summed E-state index contributed by atoms with van der Waals surface area (Å²) in [4.78, 5) is 40.2. The van der Waals surface area contributed by atoms with Crippen LogP contribution in [0.1, 0.15) is 108 Å². The maximum atomic E-state index is 13.7. The molecule has 4 unspecified atom stereocenters. The van der Waals surface area contributed by atoms with Gasteiger partial charge in [-0.1, -0.05) is 122 Å². The Morgan fingerprint density at radius 3 is 2.36 bits per heavy atom. The highest BCUT2D eigenvalue weighted by Gasteiger charge is 2.65. The molecular weight excluding hydrogens is 721 g/mol. The minimum absolute atomic E-state index is 0.0212. The van der Waals surface area contributed by atoms with E-state index in [9.17, 15) is 14.4 Å². The highest BCUT2D eigenvalue weighted by molar-refractivity contribution is 6.60. The molecule has 3 saturated carbocycles. The summed E-state index contributed by atoms with van der Waals surface area (Å²) in [7, 11) is 0. The van der Waals surface area contributed by atoms with Crippen molar-refractivity contribution in [3.8, 4) is 11.1 Å². The average molecular weight is 792 g/mol. The van der Waals surface area contributed by atoms with Gasteiger partial charge < -0.3 is 31.3 Å². The fourth-order valence-corrected chi connectivity index (χ4v) is 10.7. The van der Waals surface area contributed by atoms with Crippen molar-refractivity contribution in [2.24, 2.45) is 28.6 Å². The Hall–Kier alpha value is -4.05. The molecule has 0 radical (unpaired) electrons. The van der Waals surface area contributed by atoms with Crippen LogP contribution in [0.25, 0.3) is 11.1 Å². The second-order valence-corrected chi connectivity index (χ2v) is 18.8. The molecule has 10 heteroatoms. The molecule has 5 fully saturated rings. The SMILES string of the molecule is C=C1CNC(=O)C(NC(=C)CNC(=O)c2ccc(-c3ccc(CCCC)cc3)cc2)COCCCCCCCC(C(=O)NCB2C[C@@H]3CC4CC(C4(C)C)[C@]3(C)C2)N1. The van der Waals surface area contributed by atoms with Crippen molar-refractivity contribution >= 4 is 24.4 Å². The minimum atomic E-state index is -0.717. The van der Waals surface area contributed by atoms with Crippen molar-refractivity contribution in [3.05, 3.63) is 84.2 Å². The number of aryl methyl sites for hydroxylation is 1. The highest BCUT2D eigenvalue weighted by atomic mass is 16.5. The number of nitrogens with one attached hydrogen (secondary N) is 5. The molecule has 3 aliphatic carbocycles. The van der Waals surface area contributed by atoms with E-state index in [4.69, 9.17) is 4.74 Å². The number of hydrogen-bond donors (Lipinski definition) is 5. The zero-order valence-electron chi connectivity index (χ0n) is 35.9. The Morgan fingerprint density at radius 1 is 0.931 bits per heavy atom. The lowest BCUT2D eigenvalue weighted by molar-refractivity contribution is -0.165. The van der Waals surface area contributed by atoms with Gasteiger partial charge in [0.1, 0.15) is 12.1 Å². The van der Waals surface area contributed by atoms with E-state index in [2.05, 4.69) is 91.7 Å². The lowest BCUT2D eigenvalue weighted by Gasteiger charge is -2.66. The van der Waals surface area contributed by atoms with E-state index in [-0.39, 0.29) is 37.4 Å². The van der Waals surface area contributed by atoms with Gasteiger partial charge in [-0.25, -0.2) is 0 Å². The summed E-state index contributed by atoms with van der Waals surface area (Å²) in [6.45, 7) is 19.5. The first kappa shape index (κ1) is 43.5. The Bertz CT molecular complexity index is 1740. The van der Waals surface area contributed by atoms with E-state index < -0.39 is 12.1 Å². The van der Waals surface area contributed by atoms with Gasteiger partial charge in [0.2, 0.25) is 11.8 Å².